The second-order valence-electron chi connectivity index (χ2n) is 7.48. The second kappa shape index (κ2) is 6.39. The lowest BCUT2D eigenvalue weighted by Crippen LogP contribution is -2.31. The number of aryl methyl sites for hydroxylation is 1. The zero-order valence-electron chi connectivity index (χ0n) is 14.4. The summed E-state index contributed by atoms with van der Waals surface area (Å²) < 4.78 is 0. The van der Waals surface area contributed by atoms with Crippen LogP contribution in [0.15, 0.2) is 12.1 Å². The van der Waals surface area contributed by atoms with Crippen LogP contribution in [-0.4, -0.2) is 11.7 Å². The van der Waals surface area contributed by atoms with E-state index < -0.39 is 0 Å². The first-order valence-corrected chi connectivity index (χ1v) is 8.38. The third-order valence-corrected chi connectivity index (χ3v) is 5.23. The van der Waals surface area contributed by atoms with Gasteiger partial charge in [0.15, 0.2) is 0 Å². The Bertz CT molecular complexity index is 485. The fraction of sp³-hybridized carbons (Fsp3) is 0.684. The highest BCUT2D eigenvalue weighted by Gasteiger charge is 2.32. The summed E-state index contributed by atoms with van der Waals surface area (Å²) in [7, 11) is 0. The molecule has 0 saturated carbocycles. The second-order valence-corrected chi connectivity index (χ2v) is 7.48. The number of phenolic OH excluding ortho intramolecular Hbond substituents is 1. The molecule has 1 aliphatic rings. The van der Waals surface area contributed by atoms with E-state index in [1.165, 1.54) is 11.1 Å². The van der Waals surface area contributed by atoms with E-state index in [2.05, 4.69) is 46.9 Å². The Morgan fingerprint density at radius 2 is 1.76 bits per heavy atom. The molecule has 2 heteroatoms. The number of benzene rings is 1. The number of nitrogens with one attached hydrogen (secondary N) is 1. The lowest BCUT2D eigenvalue weighted by molar-refractivity contribution is 0.263. The molecule has 2 N–H and O–H groups in total. The predicted octanol–water partition coefficient (Wildman–Crippen LogP) is 4.77. The Kier molecular flexibility index (Phi) is 4.98. The molecule has 0 fully saturated rings. The molecule has 1 aliphatic carbocycles. The van der Waals surface area contributed by atoms with Gasteiger partial charge in [0.1, 0.15) is 5.75 Å². The van der Waals surface area contributed by atoms with Crippen molar-refractivity contribution < 1.29 is 5.11 Å². The van der Waals surface area contributed by atoms with Gasteiger partial charge in [0.2, 0.25) is 0 Å². The van der Waals surface area contributed by atoms with Crippen LogP contribution in [-0.2, 0) is 0 Å². The molecule has 2 atom stereocenters. The summed E-state index contributed by atoms with van der Waals surface area (Å²) in [6, 6.07) is 4.19. The Morgan fingerprint density at radius 3 is 2.33 bits per heavy atom. The first kappa shape index (κ1) is 16.4. The Labute approximate surface area is 130 Å². The van der Waals surface area contributed by atoms with Crippen LogP contribution in [0.1, 0.15) is 69.7 Å². The third kappa shape index (κ3) is 3.26. The number of rotatable bonds is 5. The van der Waals surface area contributed by atoms with Gasteiger partial charge in [0.25, 0.3) is 0 Å². The molecule has 0 radical (unpaired) electrons. The van der Waals surface area contributed by atoms with Crippen LogP contribution in [0, 0.1) is 24.7 Å². The van der Waals surface area contributed by atoms with Crippen molar-refractivity contribution >= 4 is 0 Å². The van der Waals surface area contributed by atoms with Gasteiger partial charge in [-0.2, -0.15) is 0 Å². The maximum atomic E-state index is 10.3. The van der Waals surface area contributed by atoms with E-state index in [1.807, 2.05) is 12.1 Å². The van der Waals surface area contributed by atoms with Crippen molar-refractivity contribution in [2.45, 2.75) is 59.9 Å². The molecule has 0 spiro atoms. The van der Waals surface area contributed by atoms with Gasteiger partial charge in [-0.1, -0.05) is 40.7 Å². The molecule has 0 amide bonds. The molecule has 1 aromatic carbocycles. The van der Waals surface area contributed by atoms with Gasteiger partial charge in [0, 0.05) is 11.6 Å². The van der Waals surface area contributed by atoms with E-state index >= 15 is 0 Å². The summed E-state index contributed by atoms with van der Waals surface area (Å²) in [6.45, 7) is 14.7. The lowest BCUT2D eigenvalue weighted by atomic mass is 9.85. The monoisotopic (exact) mass is 289 g/mol. The predicted molar refractivity (Wildman–Crippen MR) is 89.8 cm³/mol. The molecule has 0 bridgehead atoms. The smallest absolute Gasteiger partial charge is 0.120 e. The highest BCUT2D eigenvalue weighted by Crippen LogP contribution is 2.46. The van der Waals surface area contributed by atoms with Crippen molar-refractivity contribution in [2.75, 3.05) is 6.54 Å². The summed E-state index contributed by atoms with van der Waals surface area (Å²) in [6.07, 6.45) is 1.09. The van der Waals surface area contributed by atoms with Crippen molar-refractivity contribution in [2.24, 2.45) is 17.8 Å². The fourth-order valence-electron chi connectivity index (χ4n) is 4.05. The molecule has 2 unspecified atom stereocenters. The molecular formula is C19H31NO. The zero-order valence-corrected chi connectivity index (χ0v) is 14.4. The van der Waals surface area contributed by atoms with Crippen molar-refractivity contribution in [3.05, 3.63) is 28.8 Å². The molecule has 0 aliphatic heterocycles. The van der Waals surface area contributed by atoms with E-state index in [0.717, 1.165) is 18.5 Å². The summed E-state index contributed by atoms with van der Waals surface area (Å²) >= 11 is 0. The summed E-state index contributed by atoms with van der Waals surface area (Å²) in [5, 5.41) is 14.0. The molecule has 0 aromatic heterocycles. The standard InChI is InChI=1S/C19H31NO/c1-11(2)15(12(3)4)10-20-16-9-14(6)18-13(5)7-8-17(21)19(16)18/h7-8,11-12,14-16,20-21H,9-10H2,1-6H3. The quantitative estimate of drug-likeness (QED) is 0.818. The number of hydrogen-bond acceptors (Lipinski definition) is 2. The average molecular weight is 289 g/mol. The minimum atomic E-state index is 0.301. The van der Waals surface area contributed by atoms with E-state index in [9.17, 15) is 5.11 Å². The number of hydrogen-bond donors (Lipinski definition) is 2. The highest BCUT2D eigenvalue weighted by molar-refractivity contribution is 5.50. The normalized spacial score (nSPS) is 21.6. The van der Waals surface area contributed by atoms with Crippen LogP contribution in [0.5, 0.6) is 5.75 Å². The summed E-state index contributed by atoms with van der Waals surface area (Å²) in [4.78, 5) is 0. The zero-order chi connectivity index (χ0) is 15.7. The Hall–Kier alpha value is -1.02. The summed E-state index contributed by atoms with van der Waals surface area (Å²) in [5.41, 5.74) is 3.82. The fourth-order valence-corrected chi connectivity index (χ4v) is 4.05. The first-order chi connectivity index (χ1) is 9.82. The molecule has 0 heterocycles. The van der Waals surface area contributed by atoms with Crippen molar-refractivity contribution in [1.29, 1.82) is 0 Å². The minimum absolute atomic E-state index is 0.301. The molecule has 1 aromatic rings. The maximum absolute atomic E-state index is 10.3. The molecular weight excluding hydrogens is 258 g/mol. The van der Waals surface area contributed by atoms with E-state index in [1.54, 1.807) is 0 Å². The Morgan fingerprint density at radius 1 is 1.14 bits per heavy atom. The van der Waals surface area contributed by atoms with Crippen LogP contribution < -0.4 is 5.32 Å². The van der Waals surface area contributed by atoms with Gasteiger partial charge < -0.3 is 10.4 Å². The average Bonchev–Trinajstić information content (AvgIpc) is 2.72. The van der Waals surface area contributed by atoms with Crippen LogP contribution in [0.3, 0.4) is 0 Å². The van der Waals surface area contributed by atoms with E-state index in [4.69, 9.17) is 0 Å². The van der Waals surface area contributed by atoms with E-state index in [0.29, 0.717) is 35.5 Å². The van der Waals surface area contributed by atoms with Crippen molar-refractivity contribution in [3.8, 4) is 5.75 Å². The molecule has 21 heavy (non-hydrogen) atoms. The maximum Gasteiger partial charge on any atom is 0.120 e. The van der Waals surface area contributed by atoms with Gasteiger partial charge in [-0.15, -0.1) is 0 Å². The lowest BCUT2D eigenvalue weighted by Gasteiger charge is -2.27. The first-order valence-electron chi connectivity index (χ1n) is 8.38. The van der Waals surface area contributed by atoms with Gasteiger partial charge >= 0.3 is 0 Å². The number of phenols is 1. The van der Waals surface area contributed by atoms with E-state index in [-0.39, 0.29) is 0 Å². The van der Waals surface area contributed by atoms with Crippen LogP contribution in [0.2, 0.25) is 0 Å². The number of fused-ring (bicyclic) bond motifs is 1. The van der Waals surface area contributed by atoms with Gasteiger partial charge in [-0.05, 0) is 60.8 Å². The topological polar surface area (TPSA) is 32.3 Å². The summed E-state index contributed by atoms with van der Waals surface area (Å²) in [5.74, 6) is 3.03. The largest absolute Gasteiger partial charge is 0.508 e. The van der Waals surface area contributed by atoms with Crippen LogP contribution in [0.4, 0.5) is 0 Å². The van der Waals surface area contributed by atoms with Crippen LogP contribution in [0.25, 0.3) is 0 Å². The van der Waals surface area contributed by atoms with Gasteiger partial charge in [-0.3, -0.25) is 0 Å². The molecule has 118 valence electrons. The Balaban J connectivity index is 2.17. The van der Waals surface area contributed by atoms with Crippen molar-refractivity contribution in [1.82, 2.24) is 5.32 Å². The van der Waals surface area contributed by atoms with Gasteiger partial charge in [0.05, 0.1) is 0 Å². The minimum Gasteiger partial charge on any atom is -0.508 e. The number of aromatic hydroxyl groups is 1. The molecule has 2 nitrogen and oxygen atoms in total. The highest BCUT2D eigenvalue weighted by atomic mass is 16.3. The van der Waals surface area contributed by atoms with Crippen LogP contribution >= 0.6 is 0 Å². The molecule has 0 saturated heterocycles. The van der Waals surface area contributed by atoms with Crippen molar-refractivity contribution in [3.63, 3.8) is 0 Å². The van der Waals surface area contributed by atoms with Gasteiger partial charge in [-0.25, -0.2) is 0 Å². The third-order valence-electron chi connectivity index (χ3n) is 5.23. The molecule has 2 rings (SSSR count). The SMILES string of the molecule is Cc1ccc(O)c2c1C(C)CC2NCC(C(C)C)C(C)C.